The summed E-state index contributed by atoms with van der Waals surface area (Å²) in [6.07, 6.45) is 1.31. The van der Waals surface area contributed by atoms with Crippen molar-refractivity contribution in [3.63, 3.8) is 0 Å². The number of methoxy groups -OCH3 is 1. The maximum atomic E-state index is 14.2. The summed E-state index contributed by atoms with van der Waals surface area (Å²) in [5, 5.41) is 16.3. The van der Waals surface area contributed by atoms with Gasteiger partial charge in [0.2, 0.25) is 17.7 Å². The molecule has 2 bridgehead atoms. The first-order valence-corrected chi connectivity index (χ1v) is 13.3. The van der Waals surface area contributed by atoms with Crippen molar-refractivity contribution in [2.75, 3.05) is 24.4 Å². The maximum Gasteiger partial charge on any atom is 0.250 e. The lowest BCUT2D eigenvalue weighted by molar-refractivity contribution is -0.144. The molecule has 2 aromatic carbocycles. The summed E-state index contributed by atoms with van der Waals surface area (Å²) in [4.78, 5) is 43.2. The van der Waals surface area contributed by atoms with Gasteiger partial charge in [-0.05, 0) is 55.2 Å². The molecule has 7 atom stereocenters. The molecule has 3 amide bonds. The number of para-hydroxylation sites is 1. The van der Waals surface area contributed by atoms with E-state index in [0.29, 0.717) is 36.4 Å². The predicted molar refractivity (Wildman–Crippen MR) is 141 cm³/mol. The van der Waals surface area contributed by atoms with Gasteiger partial charge < -0.3 is 30.1 Å². The van der Waals surface area contributed by atoms with E-state index in [0.717, 1.165) is 0 Å². The van der Waals surface area contributed by atoms with E-state index in [4.69, 9.17) is 9.47 Å². The monoisotopic (exact) mass is 521 g/mol. The lowest BCUT2D eigenvalue weighted by Crippen LogP contribution is -2.57. The van der Waals surface area contributed by atoms with E-state index in [9.17, 15) is 19.5 Å². The number of carbonyl (C=O) groups excluding carboxylic acids is 3. The van der Waals surface area contributed by atoms with Crippen LogP contribution in [0.1, 0.15) is 33.1 Å². The number of rotatable bonds is 9. The second-order valence-electron chi connectivity index (χ2n) is 10.5. The number of aliphatic hydroxyl groups excluding tert-OH is 1. The van der Waals surface area contributed by atoms with Crippen LogP contribution < -0.4 is 15.4 Å². The number of carbonyl (C=O) groups is 3. The zero-order valence-electron chi connectivity index (χ0n) is 21.9. The van der Waals surface area contributed by atoms with Crippen LogP contribution in [-0.2, 0) is 19.1 Å². The van der Waals surface area contributed by atoms with Crippen LogP contribution >= 0.6 is 0 Å². The van der Waals surface area contributed by atoms with Gasteiger partial charge >= 0.3 is 0 Å². The van der Waals surface area contributed by atoms with E-state index in [1.54, 1.807) is 43.5 Å². The van der Waals surface area contributed by atoms with Crippen LogP contribution in [0.2, 0.25) is 0 Å². The number of hydrogen-bond donors (Lipinski definition) is 3. The number of benzene rings is 2. The Bertz CT molecular complexity index is 1190. The smallest absolute Gasteiger partial charge is 0.250 e. The molecule has 3 fully saturated rings. The van der Waals surface area contributed by atoms with Crippen LogP contribution in [0.5, 0.6) is 5.75 Å². The molecule has 0 radical (unpaired) electrons. The van der Waals surface area contributed by atoms with Crippen LogP contribution in [0.25, 0.3) is 0 Å². The fourth-order valence-corrected chi connectivity index (χ4v) is 6.49. The highest BCUT2D eigenvalue weighted by Crippen LogP contribution is 2.59. The van der Waals surface area contributed by atoms with Crippen LogP contribution in [0.4, 0.5) is 11.4 Å². The highest BCUT2D eigenvalue weighted by atomic mass is 16.5. The quantitative estimate of drug-likeness (QED) is 0.467. The molecule has 9 heteroatoms. The Morgan fingerprint density at radius 1 is 1.11 bits per heavy atom. The predicted octanol–water partition coefficient (Wildman–Crippen LogP) is 3.05. The van der Waals surface area contributed by atoms with Gasteiger partial charge in [0.05, 0.1) is 37.7 Å². The Morgan fingerprint density at radius 2 is 1.76 bits per heavy atom. The summed E-state index contributed by atoms with van der Waals surface area (Å²) in [5.74, 6) is -1.94. The van der Waals surface area contributed by atoms with Crippen molar-refractivity contribution in [1.82, 2.24) is 4.90 Å². The lowest BCUT2D eigenvalue weighted by atomic mass is 9.70. The van der Waals surface area contributed by atoms with Gasteiger partial charge in [-0.2, -0.15) is 0 Å². The first-order valence-electron chi connectivity index (χ1n) is 13.3. The minimum absolute atomic E-state index is 0.0655. The number of anilines is 2. The molecule has 3 heterocycles. The van der Waals surface area contributed by atoms with E-state index < -0.39 is 41.5 Å². The van der Waals surface area contributed by atoms with Gasteiger partial charge in [0.15, 0.2) is 0 Å². The number of nitrogens with zero attached hydrogens (tertiary/aromatic N) is 1. The molecule has 3 saturated heterocycles. The average molecular weight is 522 g/mol. The summed E-state index contributed by atoms with van der Waals surface area (Å²) in [5.41, 5.74) is 0.0500. The summed E-state index contributed by atoms with van der Waals surface area (Å²) < 4.78 is 11.7. The Kier molecular flexibility index (Phi) is 7.15. The third kappa shape index (κ3) is 4.23. The van der Waals surface area contributed by atoms with Crippen LogP contribution in [0.3, 0.4) is 0 Å². The SMILES string of the molecule is CC[C@H](C)[C@H](CO)N1C(=O)[C@@H]2[C@@H](C(=O)Nc3ccccc3)[C@H]3CCC2(O3)C1C(=O)Nc1ccc(OC)cc1. The Labute approximate surface area is 222 Å². The third-order valence-corrected chi connectivity index (χ3v) is 8.53. The summed E-state index contributed by atoms with van der Waals surface area (Å²) in [7, 11) is 1.57. The summed E-state index contributed by atoms with van der Waals surface area (Å²) in [6.45, 7) is 3.65. The van der Waals surface area contributed by atoms with Gasteiger partial charge in [0.1, 0.15) is 17.4 Å². The molecule has 2 unspecified atom stereocenters. The zero-order chi connectivity index (χ0) is 27.0. The van der Waals surface area contributed by atoms with E-state index in [-0.39, 0.29) is 24.3 Å². The molecule has 0 aromatic heterocycles. The fraction of sp³-hybridized carbons (Fsp3) is 0.483. The van der Waals surface area contributed by atoms with Crippen molar-refractivity contribution >= 4 is 29.1 Å². The minimum Gasteiger partial charge on any atom is -0.497 e. The second-order valence-corrected chi connectivity index (χ2v) is 10.5. The number of likely N-dealkylation sites (tertiary alicyclic amines) is 1. The average Bonchev–Trinajstić information content (AvgIpc) is 3.57. The van der Waals surface area contributed by atoms with Gasteiger partial charge in [-0.15, -0.1) is 0 Å². The number of nitrogens with one attached hydrogen (secondary N) is 2. The third-order valence-electron chi connectivity index (χ3n) is 8.53. The highest BCUT2D eigenvalue weighted by molar-refractivity contribution is 6.05. The molecule has 5 rings (SSSR count). The first kappa shape index (κ1) is 26.2. The fourth-order valence-electron chi connectivity index (χ4n) is 6.49. The molecule has 0 aliphatic carbocycles. The number of aliphatic hydroxyl groups is 1. The molecule has 0 saturated carbocycles. The molecule has 1 spiro atoms. The van der Waals surface area contributed by atoms with Crippen molar-refractivity contribution in [3.05, 3.63) is 54.6 Å². The number of ether oxygens (including phenoxy) is 2. The second kappa shape index (κ2) is 10.4. The van der Waals surface area contributed by atoms with Crippen LogP contribution in [-0.4, -0.2) is 65.2 Å². The Balaban J connectivity index is 1.50. The Hall–Kier alpha value is -3.43. The van der Waals surface area contributed by atoms with Crippen molar-refractivity contribution < 1.29 is 29.0 Å². The molecule has 38 heavy (non-hydrogen) atoms. The normalized spacial score (nSPS) is 29.1. The first-order chi connectivity index (χ1) is 18.3. The van der Waals surface area contributed by atoms with Gasteiger partial charge in [0, 0.05) is 11.4 Å². The van der Waals surface area contributed by atoms with Gasteiger partial charge in [-0.1, -0.05) is 38.5 Å². The summed E-state index contributed by atoms with van der Waals surface area (Å²) in [6, 6.07) is 14.5. The van der Waals surface area contributed by atoms with E-state index in [2.05, 4.69) is 10.6 Å². The molecule has 9 nitrogen and oxygen atoms in total. The van der Waals surface area contributed by atoms with Gasteiger partial charge in [-0.3, -0.25) is 14.4 Å². The van der Waals surface area contributed by atoms with Gasteiger partial charge in [-0.25, -0.2) is 0 Å². The molecule has 3 aliphatic heterocycles. The number of amides is 3. The van der Waals surface area contributed by atoms with Crippen LogP contribution in [0.15, 0.2) is 54.6 Å². The largest absolute Gasteiger partial charge is 0.497 e. The minimum atomic E-state index is -1.14. The topological polar surface area (TPSA) is 117 Å². The van der Waals surface area contributed by atoms with E-state index >= 15 is 0 Å². The number of hydrogen-bond acceptors (Lipinski definition) is 6. The molecular weight excluding hydrogens is 486 g/mol. The summed E-state index contributed by atoms with van der Waals surface area (Å²) >= 11 is 0. The molecular formula is C29H35N3O6. The van der Waals surface area contributed by atoms with Gasteiger partial charge in [0.25, 0.3) is 0 Å². The molecule has 202 valence electrons. The molecule has 3 N–H and O–H groups in total. The standard InChI is InChI=1S/C29H35N3O6/c1-4-17(2)21(16-33)32-25(27(35)31-19-10-12-20(37-3)13-11-19)29-15-14-22(38-29)23(24(29)28(32)36)26(34)30-18-8-6-5-7-9-18/h5-13,17,21-25,33H,4,14-16H2,1-3H3,(H,30,34)(H,31,35)/t17-,21-,22+,23-,24-,25?,29?/m0/s1. The maximum absolute atomic E-state index is 14.2. The van der Waals surface area contributed by atoms with E-state index in [1.165, 1.54) is 4.90 Å². The molecule has 3 aliphatic rings. The number of fused-ring (bicyclic) bond motifs is 1. The van der Waals surface area contributed by atoms with Crippen molar-refractivity contribution in [3.8, 4) is 5.75 Å². The zero-order valence-corrected chi connectivity index (χ0v) is 21.9. The van der Waals surface area contributed by atoms with Crippen molar-refractivity contribution in [2.24, 2.45) is 17.8 Å². The Morgan fingerprint density at radius 3 is 2.39 bits per heavy atom. The van der Waals surface area contributed by atoms with Crippen molar-refractivity contribution in [1.29, 1.82) is 0 Å². The van der Waals surface area contributed by atoms with Crippen molar-refractivity contribution in [2.45, 2.75) is 56.9 Å². The highest BCUT2D eigenvalue weighted by Gasteiger charge is 2.75. The molecule has 2 aromatic rings. The lowest BCUT2D eigenvalue weighted by Gasteiger charge is -2.38. The van der Waals surface area contributed by atoms with E-state index in [1.807, 2.05) is 32.0 Å². The van der Waals surface area contributed by atoms with Crippen LogP contribution in [0, 0.1) is 17.8 Å².